The van der Waals surface area contributed by atoms with Crippen LogP contribution in [0.2, 0.25) is 5.15 Å². The van der Waals surface area contributed by atoms with E-state index in [0.717, 1.165) is 18.4 Å². The molecule has 0 radical (unpaired) electrons. The van der Waals surface area contributed by atoms with Gasteiger partial charge in [0.2, 0.25) is 0 Å². The van der Waals surface area contributed by atoms with Crippen molar-refractivity contribution < 1.29 is 5.11 Å². The van der Waals surface area contributed by atoms with Crippen molar-refractivity contribution in [3.05, 3.63) is 34.0 Å². The molecule has 2 N–H and O–H groups in total. The Balaban J connectivity index is 1.99. The Bertz CT molecular complexity index is 909. The highest BCUT2D eigenvalue weighted by Crippen LogP contribution is 2.31. The van der Waals surface area contributed by atoms with Gasteiger partial charge in [-0.05, 0) is 37.8 Å². The maximum atomic E-state index is 12.4. The third-order valence-electron chi connectivity index (χ3n) is 4.38. The standard InChI is InChI=1S/C15H15ClN4O2/c16-12-6-5-10-13(19-12)14-11(7-17-10)18-15(22)20(14)8-1-3-9(21)4-2-8/h5-9,21H,1-4H2,(H,18,22)/t8-,9-. The number of nitrogens with zero attached hydrogens (tertiary/aromatic N) is 3. The van der Waals surface area contributed by atoms with Crippen LogP contribution in [0.25, 0.3) is 22.1 Å². The number of aromatic nitrogens is 4. The number of hydrogen-bond acceptors (Lipinski definition) is 4. The first-order valence-electron chi connectivity index (χ1n) is 7.37. The first-order chi connectivity index (χ1) is 10.6. The van der Waals surface area contributed by atoms with Gasteiger partial charge >= 0.3 is 5.69 Å². The molecule has 6 nitrogen and oxygen atoms in total. The number of aliphatic hydroxyl groups excluding tert-OH is 1. The molecule has 1 aliphatic rings. The molecule has 22 heavy (non-hydrogen) atoms. The number of halogens is 1. The second-order valence-corrected chi connectivity index (χ2v) is 6.17. The fourth-order valence-corrected chi connectivity index (χ4v) is 3.45. The average Bonchev–Trinajstić information content (AvgIpc) is 2.84. The van der Waals surface area contributed by atoms with Crippen LogP contribution in [0, 0.1) is 0 Å². The number of aromatic amines is 1. The Morgan fingerprint density at radius 3 is 2.82 bits per heavy atom. The largest absolute Gasteiger partial charge is 0.393 e. The van der Waals surface area contributed by atoms with Gasteiger partial charge in [-0.1, -0.05) is 11.6 Å². The molecule has 1 saturated carbocycles. The first-order valence-corrected chi connectivity index (χ1v) is 7.75. The third kappa shape index (κ3) is 2.10. The smallest absolute Gasteiger partial charge is 0.326 e. The summed E-state index contributed by atoms with van der Waals surface area (Å²) >= 11 is 6.01. The van der Waals surface area contributed by atoms with Gasteiger partial charge in [-0.15, -0.1) is 0 Å². The highest BCUT2D eigenvalue weighted by atomic mass is 35.5. The van der Waals surface area contributed by atoms with E-state index >= 15 is 0 Å². The quantitative estimate of drug-likeness (QED) is 0.675. The molecule has 0 aliphatic heterocycles. The van der Waals surface area contributed by atoms with E-state index in [4.69, 9.17) is 11.6 Å². The number of pyridine rings is 2. The molecule has 0 spiro atoms. The zero-order valence-corrected chi connectivity index (χ0v) is 12.5. The maximum Gasteiger partial charge on any atom is 0.326 e. The predicted octanol–water partition coefficient (Wildman–Crippen LogP) is 2.40. The molecule has 7 heteroatoms. The van der Waals surface area contributed by atoms with Gasteiger partial charge in [-0.25, -0.2) is 9.78 Å². The molecule has 1 aliphatic carbocycles. The summed E-state index contributed by atoms with van der Waals surface area (Å²) in [5, 5.41) is 10.1. The highest BCUT2D eigenvalue weighted by Gasteiger charge is 2.25. The number of nitrogens with one attached hydrogen (secondary N) is 1. The molecule has 0 saturated heterocycles. The van der Waals surface area contributed by atoms with Crippen LogP contribution in [-0.2, 0) is 0 Å². The van der Waals surface area contributed by atoms with Crippen LogP contribution in [0.4, 0.5) is 0 Å². The fourth-order valence-electron chi connectivity index (χ4n) is 3.31. The lowest BCUT2D eigenvalue weighted by Crippen LogP contribution is -2.27. The summed E-state index contributed by atoms with van der Waals surface area (Å²) < 4.78 is 1.76. The molecule has 0 amide bonds. The van der Waals surface area contributed by atoms with Crippen molar-refractivity contribution in [3.8, 4) is 0 Å². The SMILES string of the molecule is O=c1[nH]c2cnc3ccc(Cl)nc3c2n1[C@H]1CC[C@H](O)CC1. The van der Waals surface area contributed by atoms with E-state index in [1.54, 1.807) is 22.9 Å². The van der Waals surface area contributed by atoms with E-state index in [1.807, 2.05) is 0 Å². The van der Waals surface area contributed by atoms with E-state index in [2.05, 4.69) is 15.0 Å². The van der Waals surface area contributed by atoms with Gasteiger partial charge in [-0.2, -0.15) is 0 Å². The van der Waals surface area contributed by atoms with Crippen molar-refractivity contribution in [1.29, 1.82) is 0 Å². The van der Waals surface area contributed by atoms with E-state index in [1.165, 1.54) is 0 Å². The molecule has 0 atom stereocenters. The van der Waals surface area contributed by atoms with Crippen LogP contribution in [0.3, 0.4) is 0 Å². The number of rotatable bonds is 1. The van der Waals surface area contributed by atoms with Crippen LogP contribution >= 0.6 is 11.6 Å². The summed E-state index contributed by atoms with van der Waals surface area (Å²) in [5.41, 5.74) is 2.60. The van der Waals surface area contributed by atoms with Gasteiger partial charge in [0.15, 0.2) is 0 Å². The summed E-state index contributed by atoms with van der Waals surface area (Å²) in [6.07, 6.45) is 4.37. The Kier molecular flexibility index (Phi) is 3.16. The molecule has 0 aromatic carbocycles. The lowest BCUT2D eigenvalue weighted by atomic mass is 9.93. The number of hydrogen-bond donors (Lipinski definition) is 2. The number of fused-ring (bicyclic) bond motifs is 3. The fraction of sp³-hybridized carbons (Fsp3) is 0.400. The van der Waals surface area contributed by atoms with E-state index < -0.39 is 0 Å². The molecule has 0 unspecified atom stereocenters. The Labute approximate surface area is 130 Å². The Morgan fingerprint density at radius 1 is 1.27 bits per heavy atom. The molecule has 0 bridgehead atoms. The lowest BCUT2D eigenvalue weighted by molar-refractivity contribution is 0.111. The summed E-state index contributed by atoms with van der Waals surface area (Å²) in [4.78, 5) is 23.9. The monoisotopic (exact) mass is 318 g/mol. The van der Waals surface area contributed by atoms with E-state index in [0.29, 0.717) is 34.5 Å². The van der Waals surface area contributed by atoms with Crippen molar-refractivity contribution in [2.24, 2.45) is 0 Å². The summed E-state index contributed by atoms with van der Waals surface area (Å²) in [6.45, 7) is 0. The van der Waals surface area contributed by atoms with Gasteiger partial charge < -0.3 is 10.1 Å². The summed E-state index contributed by atoms with van der Waals surface area (Å²) in [6, 6.07) is 3.56. The van der Waals surface area contributed by atoms with Crippen LogP contribution in [0.1, 0.15) is 31.7 Å². The second kappa shape index (κ2) is 5.07. The van der Waals surface area contributed by atoms with Gasteiger partial charge in [0, 0.05) is 6.04 Å². The maximum absolute atomic E-state index is 12.4. The number of aliphatic hydroxyl groups is 1. The first kappa shape index (κ1) is 13.7. The van der Waals surface area contributed by atoms with Crippen molar-refractivity contribution in [2.75, 3.05) is 0 Å². The van der Waals surface area contributed by atoms with Crippen molar-refractivity contribution >= 4 is 33.7 Å². The minimum Gasteiger partial charge on any atom is -0.393 e. The van der Waals surface area contributed by atoms with Crippen molar-refractivity contribution in [1.82, 2.24) is 19.5 Å². The van der Waals surface area contributed by atoms with Crippen molar-refractivity contribution in [2.45, 2.75) is 37.8 Å². The molecule has 3 aromatic heterocycles. The molecular weight excluding hydrogens is 304 g/mol. The summed E-state index contributed by atoms with van der Waals surface area (Å²) in [5.74, 6) is 0. The second-order valence-electron chi connectivity index (χ2n) is 5.78. The van der Waals surface area contributed by atoms with Crippen LogP contribution in [0.15, 0.2) is 23.1 Å². The van der Waals surface area contributed by atoms with Gasteiger partial charge in [0.05, 0.1) is 28.9 Å². The molecular formula is C15H15ClN4O2. The molecule has 1 fully saturated rings. The van der Waals surface area contributed by atoms with E-state index in [9.17, 15) is 9.90 Å². The van der Waals surface area contributed by atoms with Crippen molar-refractivity contribution in [3.63, 3.8) is 0 Å². The average molecular weight is 319 g/mol. The van der Waals surface area contributed by atoms with E-state index in [-0.39, 0.29) is 17.8 Å². The molecule has 3 aromatic rings. The predicted molar refractivity (Wildman–Crippen MR) is 84.2 cm³/mol. The number of H-pyrrole nitrogens is 1. The topological polar surface area (TPSA) is 83.8 Å². The molecule has 3 heterocycles. The van der Waals surface area contributed by atoms with Crippen LogP contribution in [0.5, 0.6) is 0 Å². The van der Waals surface area contributed by atoms with Gasteiger partial charge in [-0.3, -0.25) is 9.55 Å². The zero-order valence-electron chi connectivity index (χ0n) is 11.8. The number of imidazole rings is 1. The van der Waals surface area contributed by atoms with Gasteiger partial charge in [0.1, 0.15) is 10.7 Å². The van der Waals surface area contributed by atoms with Crippen LogP contribution in [-0.4, -0.2) is 30.7 Å². The minimum atomic E-state index is -0.261. The van der Waals surface area contributed by atoms with Gasteiger partial charge in [0.25, 0.3) is 0 Å². The molecule has 114 valence electrons. The Morgan fingerprint density at radius 2 is 2.05 bits per heavy atom. The lowest BCUT2D eigenvalue weighted by Gasteiger charge is -2.26. The normalized spacial score (nSPS) is 22.5. The summed E-state index contributed by atoms with van der Waals surface area (Å²) in [7, 11) is 0. The Hall–Kier alpha value is -1.92. The zero-order chi connectivity index (χ0) is 15.3. The third-order valence-corrected chi connectivity index (χ3v) is 4.60. The molecule has 4 rings (SSSR count). The van der Waals surface area contributed by atoms with Crippen LogP contribution < -0.4 is 5.69 Å². The highest BCUT2D eigenvalue weighted by molar-refractivity contribution is 6.30. The minimum absolute atomic E-state index is 0.0658.